The van der Waals surface area contributed by atoms with Crippen LogP contribution < -0.4 is 5.32 Å². The molecule has 15 heavy (non-hydrogen) atoms. The number of aromatic nitrogens is 1. The lowest BCUT2D eigenvalue weighted by Gasteiger charge is -2.10. The van der Waals surface area contributed by atoms with Crippen molar-refractivity contribution in [3.63, 3.8) is 0 Å². The number of amides is 1. The van der Waals surface area contributed by atoms with E-state index in [2.05, 4.69) is 28.2 Å². The molecule has 3 nitrogen and oxygen atoms in total. The quantitative estimate of drug-likeness (QED) is 0.899. The molecule has 4 heteroatoms. The van der Waals surface area contributed by atoms with E-state index in [-0.39, 0.29) is 5.91 Å². The number of rotatable bonds is 3. The maximum Gasteiger partial charge on any atom is 0.267 e. The first-order valence-corrected chi connectivity index (χ1v) is 5.90. The van der Waals surface area contributed by atoms with Gasteiger partial charge in [-0.15, -0.1) is 0 Å². The highest BCUT2D eigenvalue weighted by Crippen LogP contribution is 2.44. The van der Waals surface area contributed by atoms with E-state index in [1.165, 1.54) is 12.8 Å². The van der Waals surface area contributed by atoms with Crippen LogP contribution in [-0.4, -0.2) is 17.0 Å². The molecule has 0 spiro atoms. The van der Waals surface area contributed by atoms with Crippen LogP contribution in [0.3, 0.4) is 0 Å². The second-order valence-corrected chi connectivity index (χ2v) is 5.56. The maximum atomic E-state index is 11.8. The third kappa shape index (κ3) is 2.43. The van der Waals surface area contributed by atoms with E-state index in [4.69, 9.17) is 0 Å². The summed E-state index contributed by atoms with van der Waals surface area (Å²) in [4.78, 5) is 11.8. The van der Waals surface area contributed by atoms with Crippen LogP contribution in [0.15, 0.2) is 16.7 Å². The van der Waals surface area contributed by atoms with Gasteiger partial charge in [-0.25, -0.2) is 0 Å². The Labute approximate surface area is 98.0 Å². The van der Waals surface area contributed by atoms with Gasteiger partial charge in [0.05, 0.1) is 0 Å². The highest BCUT2D eigenvalue weighted by Gasteiger charge is 2.37. The number of hydrogen-bond acceptors (Lipinski definition) is 1. The van der Waals surface area contributed by atoms with Crippen LogP contribution in [-0.2, 0) is 7.05 Å². The van der Waals surface area contributed by atoms with Crippen LogP contribution in [0.4, 0.5) is 0 Å². The standard InChI is InChI=1S/C11H15BrN2O/c1-11(3-4-11)7-13-10(15)9-5-8(12)6-14(9)2/h5-6H,3-4,7H2,1-2H3,(H,13,15). The molecule has 1 heterocycles. The second kappa shape index (κ2) is 3.67. The summed E-state index contributed by atoms with van der Waals surface area (Å²) in [6.07, 6.45) is 4.34. The first-order chi connectivity index (χ1) is 7.00. The smallest absolute Gasteiger partial charge is 0.267 e. The van der Waals surface area contributed by atoms with Crippen molar-refractivity contribution in [2.75, 3.05) is 6.54 Å². The molecule has 0 radical (unpaired) electrons. The molecule has 2 rings (SSSR count). The molecular weight excluding hydrogens is 256 g/mol. The Balaban J connectivity index is 1.98. The first kappa shape index (κ1) is 10.7. The van der Waals surface area contributed by atoms with Crippen molar-refractivity contribution in [1.29, 1.82) is 0 Å². The van der Waals surface area contributed by atoms with Gasteiger partial charge in [-0.3, -0.25) is 4.79 Å². The average molecular weight is 271 g/mol. The van der Waals surface area contributed by atoms with Gasteiger partial charge in [-0.2, -0.15) is 0 Å². The zero-order chi connectivity index (χ0) is 11.1. The third-order valence-corrected chi connectivity index (χ3v) is 3.42. The number of halogens is 1. The number of nitrogens with zero attached hydrogens (tertiary/aromatic N) is 1. The molecule has 0 bridgehead atoms. The van der Waals surface area contributed by atoms with Gasteiger partial charge in [0.25, 0.3) is 5.91 Å². The largest absolute Gasteiger partial charge is 0.350 e. The molecule has 0 atom stereocenters. The molecule has 1 fully saturated rings. The summed E-state index contributed by atoms with van der Waals surface area (Å²) in [7, 11) is 1.87. The number of nitrogens with one attached hydrogen (secondary N) is 1. The van der Waals surface area contributed by atoms with Crippen molar-refractivity contribution >= 4 is 21.8 Å². The highest BCUT2D eigenvalue weighted by molar-refractivity contribution is 9.10. The van der Waals surface area contributed by atoms with Crippen molar-refractivity contribution in [3.8, 4) is 0 Å². The predicted molar refractivity (Wildman–Crippen MR) is 62.8 cm³/mol. The van der Waals surface area contributed by atoms with Crippen LogP contribution >= 0.6 is 15.9 Å². The second-order valence-electron chi connectivity index (χ2n) is 4.65. The predicted octanol–water partition coefficient (Wildman–Crippen LogP) is 2.32. The summed E-state index contributed by atoms with van der Waals surface area (Å²) in [6.45, 7) is 2.99. The minimum Gasteiger partial charge on any atom is -0.350 e. The fourth-order valence-corrected chi connectivity index (χ4v) is 2.05. The molecule has 0 unspecified atom stereocenters. The normalized spacial score (nSPS) is 17.5. The molecule has 1 N–H and O–H groups in total. The molecule has 1 aliphatic carbocycles. The third-order valence-electron chi connectivity index (χ3n) is 2.98. The molecule has 1 aromatic rings. The fourth-order valence-electron chi connectivity index (χ4n) is 1.52. The van der Waals surface area contributed by atoms with E-state index in [1.54, 1.807) is 0 Å². The minimum atomic E-state index is 0.0105. The molecule has 82 valence electrons. The lowest BCUT2D eigenvalue weighted by molar-refractivity contribution is 0.0938. The zero-order valence-corrected chi connectivity index (χ0v) is 10.6. The molecule has 0 aromatic carbocycles. The van der Waals surface area contributed by atoms with E-state index in [1.807, 2.05) is 23.9 Å². The topological polar surface area (TPSA) is 34.0 Å². The highest BCUT2D eigenvalue weighted by atomic mass is 79.9. The van der Waals surface area contributed by atoms with Crippen molar-refractivity contribution in [2.45, 2.75) is 19.8 Å². The Kier molecular flexibility index (Phi) is 2.63. The van der Waals surface area contributed by atoms with Crippen molar-refractivity contribution in [1.82, 2.24) is 9.88 Å². The van der Waals surface area contributed by atoms with Crippen LogP contribution in [0.5, 0.6) is 0 Å². The first-order valence-electron chi connectivity index (χ1n) is 5.10. The van der Waals surface area contributed by atoms with E-state index >= 15 is 0 Å². The summed E-state index contributed by atoms with van der Waals surface area (Å²) in [5, 5.41) is 2.97. The summed E-state index contributed by atoms with van der Waals surface area (Å²) < 4.78 is 2.77. The Morgan fingerprint density at radius 1 is 1.67 bits per heavy atom. The summed E-state index contributed by atoms with van der Waals surface area (Å²) in [6, 6.07) is 1.84. The van der Waals surface area contributed by atoms with E-state index in [0.717, 1.165) is 11.0 Å². The zero-order valence-electron chi connectivity index (χ0n) is 9.01. The van der Waals surface area contributed by atoms with Gasteiger partial charge in [-0.1, -0.05) is 6.92 Å². The number of aryl methyl sites for hydroxylation is 1. The molecule has 1 saturated carbocycles. The van der Waals surface area contributed by atoms with E-state index in [0.29, 0.717) is 11.1 Å². The lowest BCUT2D eigenvalue weighted by atomic mass is 10.1. The molecule has 0 saturated heterocycles. The summed E-state index contributed by atoms with van der Waals surface area (Å²) in [5.74, 6) is 0.0105. The Morgan fingerprint density at radius 2 is 2.33 bits per heavy atom. The average Bonchev–Trinajstić information content (AvgIpc) is 2.80. The monoisotopic (exact) mass is 270 g/mol. The van der Waals surface area contributed by atoms with Gasteiger partial charge in [0.15, 0.2) is 0 Å². The van der Waals surface area contributed by atoms with Crippen LogP contribution in [0.25, 0.3) is 0 Å². The Hall–Kier alpha value is -0.770. The lowest BCUT2D eigenvalue weighted by Crippen LogP contribution is -2.30. The van der Waals surface area contributed by atoms with Crippen LogP contribution in [0.1, 0.15) is 30.3 Å². The Morgan fingerprint density at radius 3 is 2.80 bits per heavy atom. The maximum absolute atomic E-state index is 11.8. The molecule has 0 aliphatic heterocycles. The van der Waals surface area contributed by atoms with E-state index < -0.39 is 0 Å². The SMILES string of the molecule is Cn1cc(Br)cc1C(=O)NCC1(C)CC1. The van der Waals surface area contributed by atoms with Crippen LogP contribution in [0.2, 0.25) is 0 Å². The Bertz CT molecular complexity index is 393. The van der Waals surface area contributed by atoms with Gasteiger partial charge in [-0.05, 0) is 40.3 Å². The number of carbonyl (C=O) groups excluding carboxylic acids is 1. The van der Waals surface area contributed by atoms with Crippen molar-refractivity contribution < 1.29 is 4.79 Å². The van der Waals surface area contributed by atoms with Gasteiger partial charge in [0.2, 0.25) is 0 Å². The molecule has 1 aromatic heterocycles. The number of carbonyl (C=O) groups is 1. The fraction of sp³-hybridized carbons (Fsp3) is 0.545. The molecule has 1 aliphatic rings. The van der Waals surface area contributed by atoms with Crippen LogP contribution in [0, 0.1) is 5.41 Å². The summed E-state index contributed by atoms with van der Waals surface area (Å²) in [5.41, 5.74) is 1.06. The molecule has 1 amide bonds. The van der Waals surface area contributed by atoms with Gasteiger partial charge >= 0.3 is 0 Å². The van der Waals surface area contributed by atoms with Crippen molar-refractivity contribution in [3.05, 3.63) is 22.4 Å². The minimum absolute atomic E-state index is 0.0105. The van der Waals surface area contributed by atoms with Gasteiger partial charge in [0, 0.05) is 24.3 Å². The van der Waals surface area contributed by atoms with Crippen molar-refractivity contribution in [2.24, 2.45) is 12.5 Å². The molecular formula is C11H15BrN2O. The number of hydrogen-bond donors (Lipinski definition) is 1. The summed E-state index contributed by atoms with van der Waals surface area (Å²) >= 11 is 3.35. The van der Waals surface area contributed by atoms with Gasteiger partial charge < -0.3 is 9.88 Å². The van der Waals surface area contributed by atoms with E-state index in [9.17, 15) is 4.79 Å². The van der Waals surface area contributed by atoms with Gasteiger partial charge in [0.1, 0.15) is 5.69 Å².